The first-order valence-electron chi connectivity index (χ1n) is 11.5. The highest BCUT2D eigenvalue weighted by atomic mass is 31.2. The predicted octanol–water partition coefficient (Wildman–Crippen LogP) is 7.71. The molecule has 1 N–H and O–H groups in total. The van der Waals surface area contributed by atoms with E-state index in [4.69, 9.17) is 18.8 Å². The molecule has 8 heteroatoms. The van der Waals surface area contributed by atoms with Crippen LogP contribution in [0.2, 0.25) is 0 Å². The van der Waals surface area contributed by atoms with Crippen LogP contribution in [0, 0.1) is 4.91 Å². The molecule has 0 spiro atoms. The summed E-state index contributed by atoms with van der Waals surface area (Å²) in [5.41, 5.74) is -0.274. The van der Waals surface area contributed by atoms with Crippen LogP contribution in [0.4, 0.5) is 0 Å². The molecule has 0 saturated heterocycles. The first-order chi connectivity index (χ1) is 13.9. The van der Waals surface area contributed by atoms with Gasteiger partial charge in [-0.2, -0.15) is 0 Å². The van der Waals surface area contributed by atoms with Crippen LogP contribution < -0.4 is 0 Å². The summed E-state index contributed by atoms with van der Waals surface area (Å²) in [5, 5.41) is 2.72. The van der Waals surface area contributed by atoms with E-state index in [0.717, 1.165) is 83.5 Å². The highest BCUT2D eigenvalue weighted by Crippen LogP contribution is 2.43. The zero-order chi connectivity index (χ0) is 22.4. The average Bonchev–Trinajstić information content (AvgIpc) is 2.70. The Morgan fingerprint density at radius 1 is 0.724 bits per heavy atom. The predicted molar refractivity (Wildman–Crippen MR) is 120 cm³/mol. The first kappa shape index (κ1) is 30.7. The maximum atomic E-state index is 11.1. The van der Waals surface area contributed by atoms with E-state index in [1.807, 2.05) is 13.8 Å². The van der Waals surface area contributed by atoms with Gasteiger partial charge in [-0.15, -0.1) is 4.91 Å². The molecule has 0 fully saturated rings. The fraction of sp³-hybridized carbons (Fsp3) is 1.00. The average molecular weight is 440 g/mol. The third kappa shape index (κ3) is 19.2. The molecule has 0 amide bonds. The minimum atomic E-state index is -3.75. The molecule has 0 radical (unpaired) electrons. The van der Waals surface area contributed by atoms with Gasteiger partial charge in [-0.1, -0.05) is 66.7 Å². The van der Waals surface area contributed by atoms with Crippen LogP contribution in [0.3, 0.4) is 0 Å². The van der Waals surface area contributed by atoms with Crippen molar-refractivity contribution in [1.82, 2.24) is 0 Å². The summed E-state index contributed by atoms with van der Waals surface area (Å²) in [6.07, 6.45) is 13.1. The Hall–Kier alpha value is -0.490. The van der Waals surface area contributed by atoms with Crippen molar-refractivity contribution in [2.24, 2.45) is 5.34 Å². The van der Waals surface area contributed by atoms with Crippen molar-refractivity contribution in [3.8, 4) is 0 Å². The molecule has 0 unspecified atom stereocenters. The fourth-order valence-electron chi connectivity index (χ4n) is 2.77. The quantitative estimate of drug-likeness (QED) is 0.0958. The molecule has 0 aliphatic heterocycles. The lowest BCUT2D eigenvalue weighted by Gasteiger charge is -2.30. The molecule has 0 aliphatic carbocycles. The molecule has 0 aromatic carbocycles. The van der Waals surface area contributed by atoms with Crippen LogP contribution in [0.25, 0.3) is 0 Å². The number of hydrogen-bond acceptors (Lipinski definition) is 6. The normalized spacial score (nSPS) is 11.7. The van der Waals surface area contributed by atoms with Crippen LogP contribution in [-0.2, 0) is 18.5 Å². The van der Waals surface area contributed by atoms with E-state index in [1.165, 1.54) is 0 Å². The smallest absolute Gasteiger partial charge is 0.357 e. The topological polar surface area (TPSA) is 94.4 Å². The van der Waals surface area contributed by atoms with E-state index in [2.05, 4.69) is 26.1 Å². The van der Waals surface area contributed by atoms with Gasteiger partial charge in [-0.3, -0.25) is 9.05 Å². The maximum absolute atomic E-state index is 11.1. The van der Waals surface area contributed by atoms with Crippen LogP contribution in [0.5, 0.6) is 0 Å². The lowest BCUT2D eigenvalue weighted by Crippen LogP contribution is -2.31. The molecular formula is C21H46NO6P. The van der Waals surface area contributed by atoms with Crippen molar-refractivity contribution in [3.63, 3.8) is 0 Å². The Morgan fingerprint density at radius 2 is 1.07 bits per heavy atom. The van der Waals surface area contributed by atoms with E-state index in [9.17, 15) is 9.47 Å². The molecule has 0 bridgehead atoms. The van der Waals surface area contributed by atoms with Gasteiger partial charge in [0.15, 0.2) is 5.34 Å². The summed E-state index contributed by atoms with van der Waals surface area (Å²) in [6, 6.07) is 0. The van der Waals surface area contributed by atoms with Gasteiger partial charge in [0.05, 0.1) is 13.2 Å². The monoisotopic (exact) mass is 439 g/mol. The molecule has 0 aliphatic rings. The van der Waals surface area contributed by atoms with Gasteiger partial charge < -0.3 is 9.73 Å². The number of rotatable bonds is 19. The Kier molecular flexibility index (Phi) is 22.0. The van der Waals surface area contributed by atoms with Crippen molar-refractivity contribution in [3.05, 3.63) is 4.91 Å². The van der Waals surface area contributed by atoms with Crippen molar-refractivity contribution >= 4 is 7.82 Å². The maximum Gasteiger partial charge on any atom is 0.472 e. The van der Waals surface area contributed by atoms with Crippen molar-refractivity contribution in [2.75, 3.05) is 13.2 Å². The van der Waals surface area contributed by atoms with Crippen LogP contribution in [0.1, 0.15) is 118 Å². The molecule has 0 atom stereocenters. The zero-order valence-corrected chi connectivity index (χ0v) is 20.4. The largest absolute Gasteiger partial charge is 0.472 e. The molecule has 0 heterocycles. The molecule has 0 aromatic rings. The Balaban J connectivity index is 0. The van der Waals surface area contributed by atoms with Gasteiger partial charge in [0, 0.05) is 0 Å². The molecule has 0 aromatic heterocycles. The molecule has 176 valence electrons. The fourth-order valence-corrected chi connectivity index (χ4v) is 3.57. The number of phosphoric ester groups is 1. The van der Waals surface area contributed by atoms with E-state index in [1.54, 1.807) is 0 Å². The molecule has 7 nitrogen and oxygen atoms in total. The Bertz CT molecular complexity index is 373. The van der Waals surface area contributed by atoms with Gasteiger partial charge in [0.1, 0.15) is 5.60 Å². The first-order valence-corrected chi connectivity index (χ1v) is 13.0. The summed E-state index contributed by atoms with van der Waals surface area (Å²) >= 11 is 0. The third-order valence-corrected chi connectivity index (χ3v) is 5.71. The number of nitrogens with zero attached hydrogens (tertiary/aromatic N) is 1. The molecular weight excluding hydrogens is 393 g/mol. The van der Waals surface area contributed by atoms with Crippen LogP contribution >= 0.6 is 7.82 Å². The zero-order valence-electron chi connectivity index (χ0n) is 19.5. The summed E-state index contributed by atoms with van der Waals surface area (Å²) in [7, 11) is -3.75. The second-order valence-corrected chi connectivity index (χ2v) is 8.96. The third-order valence-electron chi connectivity index (χ3n) is 4.69. The summed E-state index contributed by atoms with van der Waals surface area (Å²) in [4.78, 5) is 24.7. The summed E-state index contributed by atoms with van der Waals surface area (Å²) < 4.78 is 20.5. The van der Waals surface area contributed by atoms with Gasteiger partial charge in [0.25, 0.3) is 0 Å². The minimum Gasteiger partial charge on any atom is -0.357 e. The lowest BCUT2D eigenvalue weighted by molar-refractivity contribution is -0.0682. The van der Waals surface area contributed by atoms with Gasteiger partial charge in [0.2, 0.25) is 0 Å². The summed E-state index contributed by atoms with van der Waals surface area (Å²) in [6.45, 7) is 11.1. The van der Waals surface area contributed by atoms with Gasteiger partial charge in [-0.05, 0) is 51.4 Å². The van der Waals surface area contributed by atoms with E-state index >= 15 is 0 Å². The van der Waals surface area contributed by atoms with Crippen LogP contribution in [0.15, 0.2) is 5.34 Å². The highest BCUT2D eigenvalue weighted by Gasteiger charge is 2.31. The van der Waals surface area contributed by atoms with E-state index in [0.29, 0.717) is 0 Å². The standard InChI is InChI=1S/C13H27NO2.C8H19O4P/c1-4-7-10-13(16-14-15,11-8-5-2)12-9-6-3;1-3-5-7-11-13(9,10)12-8-6-4-2/h4-12H2,1-3H3;3-8H2,1-2H3,(H,9,10). The molecule has 0 saturated carbocycles. The molecule has 29 heavy (non-hydrogen) atoms. The number of unbranched alkanes of at least 4 members (excludes halogenated alkanes) is 5. The van der Waals surface area contributed by atoms with Crippen molar-refractivity contribution in [2.45, 2.75) is 124 Å². The van der Waals surface area contributed by atoms with Crippen molar-refractivity contribution < 1.29 is 23.3 Å². The SMILES string of the molecule is CCCCC(CCCC)(CCCC)ON=O.CCCCOP(=O)(O)OCCCC. The van der Waals surface area contributed by atoms with Crippen molar-refractivity contribution in [1.29, 1.82) is 0 Å². The highest BCUT2D eigenvalue weighted by molar-refractivity contribution is 7.47. The second-order valence-electron chi connectivity index (χ2n) is 7.50. The van der Waals surface area contributed by atoms with E-state index < -0.39 is 7.82 Å². The van der Waals surface area contributed by atoms with Gasteiger partial charge in [-0.25, -0.2) is 4.57 Å². The number of phosphoric acid groups is 1. The second kappa shape index (κ2) is 20.8. The molecule has 0 rings (SSSR count). The van der Waals surface area contributed by atoms with Crippen LogP contribution in [-0.4, -0.2) is 23.7 Å². The lowest BCUT2D eigenvalue weighted by atomic mass is 9.86. The van der Waals surface area contributed by atoms with Gasteiger partial charge >= 0.3 is 7.82 Å². The van der Waals surface area contributed by atoms with E-state index in [-0.39, 0.29) is 18.8 Å². The summed E-state index contributed by atoms with van der Waals surface area (Å²) in [5.74, 6) is 0. The Morgan fingerprint density at radius 3 is 1.34 bits per heavy atom. The number of hydrogen-bond donors (Lipinski definition) is 1. The Labute approximate surface area is 178 Å². The minimum absolute atomic E-state index is 0.274.